The van der Waals surface area contributed by atoms with Crippen molar-refractivity contribution in [1.29, 1.82) is 0 Å². The molecule has 0 radical (unpaired) electrons. The molecule has 23 heavy (non-hydrogen) atoms. The van der Waals surface area contributed by atoms with E-state index in [1.807, 2.05) is 0 Å². The third-order valence-electron chi connectivity index (χ3n) is 3.63. The predicted octanol–water partition coefficient (Wildman–Crippen LogP) is 2.21. The van der Waals surface area contributed by atoms with Crippen LogP contribution < -0.4 is 0 Å². The van der Waals surface area contributed by atoms with Crippen molar-refractivity contribution in [1.82, 2.24) is 0 Å². The maximum Gasteiger partial charge on any atom is 0.346 e. The van der Waals surface area contributed by atoms with Gasteiger partial charge in [-0.2, -0.15) is 0 Å². The van der Waals surface area contributed by atoms with Gasteiger partial charge < -0.3 is 14.2 Å². The zero-order valence-electron chi connectivity index (χ0n) is 13.7. The molecule has 0 aliphatic carbocycles. The van der Waals surface area contributed by atoms with Crippen molar-refractivity contribution >= 4 is 17.8 Å². The normalized spacial score (nSPS) is 18.1. The lowest BCUT2D eigenvalue weighted by Crippen LogP contribution is -2.25. The number of hydrogen-bond donors (Lipinski definition) is 0. The van der Waals surface area contributed by atoms with E-state index < -0.39 is 18.0 Å². The molecular formula is C17H21NO5. The Morgan fingerprint density at radius 1 is 1.22 bits per heavy atom. The van der Waals surface area contributed by atoms with Gasteiger partial charge in [-0.25, -0.2) is 14.6 Å². The molecule has 0 saturated heterocycles. The molecule has 1 aliphatic rings. The van der Waals surface area contributed by atoms with Gasteiger partial charge in [-0.1, -0.05) is 13.8 Å². The Morgan fingerprint density at radius 2 is 1.87 bits per heavy atom. The molecule has 6 nitrogen and oxygen atoms in total. The van der Waals surface area contributed by atoms with Crippen LogP contribution in [-0.2, 0) is 19.0 Å². The quantitative estimate of drug-likeness (QED) is 0.778. The van der Waals surface area contributed by atoms with Crippen molar-refractivity contribution in [2.75, 3.05) is 13.7 Å². The summed E-state index contributed by atoms with van der Waals surface area (Å²) in [5, 5.41) is 0. The zero-order chi connectivity index (χ0) is 17.0. The number of aliphatic imine (C=N–C) groups is 1. The summed E-state index contributed by atoms with van der Waals surface area (Å²) >= 11 is 0. The van der Waals surface area contributed by atoms with Crippen molar-refractivity contribution in [2.24, 2.45) is 10.9 Å². The van der Waals surface area contributed by atoms with E-state index in [1.165, 1.54) is 14.0 Å². The molecular weight excluding hydrogens is 298 g/mol. The van der Waals surface area contributed by atoms with Crippen molar-refractivity contribution < 1.29 is 23.8 Å². The molecule has 0 bridgehead atoms. The Morgan fingerprint density at radius 3 is 2.39 bits per heavy atom. The molecule has 1 heterocycles. The number of methoxy groups -OCH3 is 1. The van der Waals surface area contributed by atoms with Crippen molar-refractivity contribution in [3.8, 4) is 0 Å². The van der Waals surface area contributed by atoms with E-state index in [9.17, 15) is 9.59 Å². The highest BCUT2D eigenvalue weighted by Gasteiger charge is 2.23. The van der Waals surface area contributed by atoms with Crippen LogP contribution >= 0.6 is 0 Å². The van der Waals surface area contributed by atoms with Crippen molar-refractivity contribution in [3.05, 3.63) is 35.4 Å². The Hall–Kier alpha value is -2.37. The third kappa shape index (κ3) is 4.09. The minimum Gasteiger partial charge on any atom is -0.475 e. The molecule has 2 atom stereocenters. The van der Waals surface area contributed by atoms with Gasteiger partial charge in [0.15, 0.2) is 6.10 Å². The fraction of sp³-hybridized carbons (Fsp3) is 0.471. The van der Waals surface area contributed by atoms with E-state index in [1.54, 1.807) is 24.3 Å². The fourth-order valence-corrected chi connectivity index (χ4v) is 2.08. The van der Waals surface area contributed by atoms with E-state index >= 15 is 0 Å². The summed E-state index contributed by atoms with van der Waals surface area (Å²) in [5.74, 6) is -0.166. The SMILES string of the molecule is COC(=O)[C@H](C)OC(=O)c1ccc(C2=N[C@@H](C(C)C)CO2)cc1. The average molecular weight is 319 g/mol. The highest BCUT2D eigenvalue weighted by Crippen LogP contribution is 2.18. The zero-order valence-corrected chi connectivity index (χ0v) is 13.7. The van der Waals surface area contributed by atoms with Crippen LogP contribution in [0.2, 0.25) is 0 Å². The number of rotatable bonds is 5. The number of carbonyl (C=O) groups excluding carboxylic acids is 2. The number of hydrogen-bond acceptors (Lipinski definition) is 6. The first-order chi connectivity index (χ1) is 10.9. The lowest BCUT2D eigenvalue weighted by molar-refractivity contribution is -0.149. The molecule has 0 unspecified atom stereocenters. The minimum absolute atomic E-state index is 0.163. The molecule has 6 heteroatoms. The van der Waals surface area contributed by atoms with Gasteiger partial charge in [0.2, 0.25) is 5.90 Å². The van der Waals surface area contributed by atoms with Crippen LogP contribution in [0.4, 0.5) is 0 Å². The topological polar surface area (TPSA) is 74.2 Å². The average Bonchev–Trinajstić information content (AvgIpc) is 3.04. The molecule has 1 aromatic carbocycles. The maximum absolute atomic E-state index is 12.0. The Bertz CT molecular complexity index is 606. The first-order valence-corrected chi connectivity index (χ1v) is 7.52. The highest BCUT2D eigenvalue weighted by atomic mass is 16.6. The summed E-state index contributed by atoms with van der Waals surface area (Å²) in [6, 6.07) is 6.91. The summed E-state index contributed by atoms with van der Waals surface area (Å²) in [6.07, 6.45) is -0.943. The standard InChI is InChI=1S/C17H21NO5/c1-10(2)14-9-22-15(18-14)12-5-7-13(8-6-12)17(20)23-11(3)16(19)21-4/h5-8,10-11,14H,9H2,1-4H3/t11-,14+/m0/s1. The highest BCUT2D eigenvalue weighted by molar-refractivity contribution is 5.97. The minimum atomic E-state index is -0.943. The molecule has 1 aromatic rings. The molecule has 0 saturated carbocycles. The van der Waals surface area contributed by atoms with Crippen LogP contribution in [-0.4, -0.2) is 43.7 Å². The van der Waals surface area contributed by atoms with Gasteiger partial charge in [0, 0.05) is 5.56 Å². The summed E-state index contributed by atoms with van der Waals surface area (Å²) < 4.78 is 15.1. The third-order valence-corrected chi connectivity index (χ3v) is 3.63. The molecule has 0 N–H and O–H groups in total. The van der Waals surface area contributed by atoms with Gasteiger partial charge in [-0.15, -0.1) is 0 Å². The Kier molecular flexibility index (Phi) is 5.36. The lowest BCUT2D eigenvalue weighted by Gasteiger charge is -2.11. The maximum atomic E-state index is 12.0. The molecule has 0 spiro atoms. The van der Waals surface area contributed by atoms with Gasteiger partial charge in [0.1, 0.15) is 6.61 Å². The molecule has 1 aliphatic heterocycles. The van der Waals surface area contributed by atoms with Crippen LogP contribution in [0.5, 0.6) is 0 Å². The van der Waals surface area contributed by atoms with E-state index in [4.69, 9.17) is 9.47 Å². The van der Waals surface area contributed by atoms with E-state index in [0.717, 1.165) is 5.56 Å². The molecule has 0 aromatic heterocycles. The summed E-state index contributed by atoms with van der Waals surface area (Å²) in [4.78, 5) is 27.8. The van der Waals surface area contributed by atoms with Crippen LogP contribution in [0.1, 0.15) is 36.7 Å². The number of ether oxygens (including phenoxy) is 3. The van der Waals surface area contributed by atoms with Gasteiger partial charge >= 0.3 is 11.9 Å². The van der Waals surface area contributed by atoms with Gasteiger partial charge in [-0.05, 0) is 37.1 Å². The van der Waals surface area contributed by atoms with Gasteiger partial charge in [-0.3, -0.25) is 0 Å². The molecule has 2 rings (SSSR count). The van der Waals surface area contributed by atoms with Crippen LogP contribution in [0.25, 0.3) is 0 Å². The van der Waals surface area contributed by atoms with Crippen LogP contribution in [0.3, 0.4) is 0 Å². The van der Waals surface area contributed by atoms with Crippen LogP contribution in [0, 0.1) is 5.92 Å². The second-order valence-corrected chi connectivity index (χ2v) is 5.70. The lowest BCUT2D eigenvalue weighted by atomic mass is 10.1. The summed E-state index contributed by atoms with van der Waals surface area (Å²) in [5.41, 5.74) is 1.16. The van der Waals surface area contributed by atoms with Gasteiger partial charge in [0.05, 0.1) is 18.7 Å². The number of benzene rings is 1. The second kappa shape index (κ2) is 7.26. The first-order valence-electron chi connectivity index (χ1n) is 7.52. The van der Waals surface area contributed by atoms with E-state index in [0.29, 0.717) is 24.0 Å². The van der Waals surface area contributed by atoms with Gasteiger partial charge in [0.25, 0.3) is 0 Å². The van der Waals surface area contributed by atoms with Crippen LogP contribution in [0.15, 0.2) is 29.3 Å². The van der Waals surface area contributed by atoms with E-state index in [2.05, 4.69) is 23.6 Å². The number of nitrogens with zero attached hydrogens (tertiary/aromatic N) is 1. The second-order valence-electron chi connectivity index (χ2n) is 5.70. The van der Waals surface area contributed by atoms with E-state index in [-0.39, 0.29) is 6.04 Å². The summed E-state index contributed by atoms with van der Waals surface area (Å²) in [7, 11) is 1.24. The molecule has 0 fully saturated rings. The number of carbonyl (C=O) groups is 2. The fourth-order valence-electron chi connectivity index (χ4n) is 2.08. The summed E-state index contributed by atoms with van der Waals surface area (Å²) in [6.45, 7) is 6.24. The first kappa shape index (κ1) is 17.0. The smallest absolute Gasteiger partial charge is 0.346 e. The predicted molar refractivity (Wildman–Crippen MR) is 84.5 cm³/mol. The van der Waals surface area contributed by atoms with Crippen molar-refractivity contribution in [3.63, 3.8) is 0 Å². The Balaban J connectivity index is 2.04. The largest absolute Gasteiger partial charge is 0.475 e. The monoisotopic (exact) mass is 319 g/mol. The number of esters is 2. The molecule has 0 amide bonds. The Labute approximate surface area is 135 Å². The molecule has 124 valence electrons. The van der Waals surface area contributed by atoms with Crippen molar-refractivity contribution in [2.45, 2.75) is 32.9 Å².